The summed E-state index contributed by atoms with van der Waals surface area (Å²) < 4.78 is 5.72. The smallest absolute Gasteiger partial charge is 0.333 e. The number of methoxy groups -OCH3 is 1. The van der Waals surface area contributed by atoms with E-state index in [9.17, 15) is 4.79 Å². The zero-order chi connectivity index (χ0) is 13.5. The lowest BCUT2D eigenvalue weighted by Gasteiger charge is -2.08. The standard InChI is InChI=1S/C14H18BrNO2/c1-4-11(14(17)18-3)7-8-16-13-6-5-10(2)9-12(13)15/h5-7,9,16H,4,8H2,1-3H3/b11-7-. The Kier molecular flexibility index (Phi) is 5.92. The van der Waals surface area contributed by atoms with E-state index in [1.807, 2.05) is 38.1 Å². The number of esters is 1. The fraction of sp³-hybridized carbons (Fsp3) is 0.357. The van der Waals surface area contributed by atoms with Crippen LogP contribution in [-0.2, 0) is 9.53 Å². The first-order valence-corrected chi connectivity index (χ1v) is 6.65. The zero-order valence-electron chi connectivity index (χ0n) is 10.9. The molecule has 0 atom stereocenters. The van der Waals surface area contributed by atoms with Gasteiger partial charge in [0.25, 0.3) is 0 Å². The molecule has 98 valence electrons. The van der Waals surface area contributed by atoms with Crippen LogP contribution in [-0.4, -0.2) is 19.6 Å². The number of carbonyl (C=O) groups excluding carboxylic acids is 1. The molecular weight excluding hydrogens is 294 g/mol. The number of hydrogen-bond donors (Lipinski definition) is 1. The third-order valence-electron chi connectivity index (χ3n) is 2.59. The van der Waals surface area contributed by atoms with E-state index in [1.165, 1.54) is 12.7 Å². The summed E-state index contributed by atoms with van der Waals surface area (Å²) in [5.74, 6) is -0.262. The molecule has 0 aliphatic rings. The molecule has 1 aromatic carbocycles. The van der Waals surface area contributed by atoms with E-state index in [2.05, 4.69) is 21.2 Å². The highest BCUT2D eigenvalue weighted by Crippen LogP contribution is 2.23. The van der Waals surface area contributed by atoms with Gasteiger partial charge in [-0.25, -0.2) is 4.79 Å². The van der Waals surface area contributed by atoms with E-state index in [4.69, 9.17) is 4.74 Å². The first-order chi connectivity index (χ1) is 8.58. The van der Waals surface area contributed by atoms with Crippen LogP contribution in [0, 0.1) is 6.92 Å². The Morgan fingerprint density at radius 3 is 2.78 bits per heavy atom. The molecule has 4 heteroatoms. The summed E-state index contributed by atoms with van der Waals surface area (Å²) >= 11 is 3.50. The average Bonchev–Trinajstić information content (AvgIpc) is 2.36. The Hall–Kier alpha value is -1.29. The van der Waals surface area contributed by atoms with Crippen molar-refractivity contribution < 1.29 is 9.53 Å². The zero-order valence-corrected chi connectivity index (χ0v) is 12.5. The molecule has 0 heterocycles. The first kappa shape index (κ1) is 14.8. The molecule has 3 nitrogen and oxygen atoms in total. The van der Waals surface area contributed by atoms with Crippen LogP contribution in [0.3, 0.4) is 0 Å². The molecule has 1 rings (SSSR count). The minimum atomic E-state index is -0.262. The molecule has 0 unspecified atom stereocenters. The van der Waals surface area contributed by atoms with Crippen molar-refractivity contribution >= 4 is 27.6 Å². The van der Waals surface area contributed by atoms with Crippen LogP contribution < -0.4 is 5.32 Å². The van der Waals surface area contributed by atoms with Gasteiger partial charge in [-0.1, -0.05) is 19.1 Å². The molecule has 0 fully saturated rings. The maximum atomic E-state index is 11.4. The molecule has 1 aromatic rings. The summed E-state index contributed by atoms with van der Waals surface area (Å²) in [4.78, 5) is 11.4. The van der Waals surface area contributed by atoms with E-state index >= 15 is 0 Å². The van der Waals surface area contributed by atoms with Crippen molar-refractivity contribution in [2.24, 2.45) is 0 Å². The van der Waals surface area contributed by atoms with Crippen LogP contribution in [0.4, 0.5) is 5.69 Å². The summed E-state index contributed by atoms with van der Waals surface area (Å²) in [6.07, 6.45) is 2.53. The minimum Gasteiger partial charge on any atom is -0.466 e. The normalized spacial score (nSPS) is 11.2. The van der Waals surface area contributed by atoms with Gasteiger partial charge in [-0.05, 0) is 47.0 Å². The quantitative estimate of drug-likeness (QED) is 0.666. The van der Waals surface area contributed by atoms with Crippen molar-refractivity contribution in [3.05, 3.63) is 39.9 Å². The third-order valence-corrected chi connectivity index (χ3v) is 3.25. The van der Waals surface area contributed by atoms with E-state index in [-0.39, 0.29) is 5.97 Å². The lowest BCUT2D eigenvalue weighted by molar-refractivity contribution is -0.136. The second-order valence-corrected chi connectivity index (χ2v) is 4.79. The van der Waals surface area contributed by atoms with Gasteiger partial charge in [0, 0.05) is 22.3 Å². The predicted octanol–water partition coefficient (Wildman–Crippen LogP) is 3.68. The molecule has 0 spiro atoms. The SMILES string of the molecule is CC/C(=C/CNc1ccc(C)cc1Br)C(=O)OC. The van der Waals surface area contributed by atoms with Crippen molar-refractivity contribution in [1.82, 2.24) is 0 Å². The second kappa shape index (κ2) is 7.21. The largest absolute Gasteiger partial charge is 0.466 e. The van der Waals surface area contributed by atoms with Crippen molar-refractivity contribution in [3.8, 4) is 0 Å². The average molecular weight is 312 g/mol. The van der Waals surface area contributed by atoms with E-state index < -0.39 is 0 Å². The van der Waals surface area contributed by atoms with Crippen molar-refractivity contribution in [1.29, 1.82) is 0 Å². The van der Waals surface area contributed by atoms with Crippen LogP contribution in [0.1, 0.15) is 18.9 Å². The highest BCUT2D eigenvalue weighted by Gasteiger charge is 2.06. The number of halogens is 1. The number of carbonyl (C=O) groups is 1. The lowest BCUT2D eigenvalue weighted by atomic mass is 10.2. The monoisotopic (exact) mass is 311 g/mol. The van der Waals surface area contributed by atoms with Gasteiger partial charge < -0.3 is 10.1 Å². The fourth-order valence-corrected chi connectivity index (χ4v) is 2.18. The van der Waals surface area contributed by atoms with Gasteiger partial charge in [-0.2, -0.15) is 0 Å². The van der Waals surface area contributed by atoms with Crippen LogP contribution in [0.2, 0.25) is 0 Å². The Bertz CT molecular complexity index is 455. The summed E-state index contributed by atoms with van der Waals surface area (Å²) in [5, 5.41) is 3.25. The van der Waals surface area contributed by atoms with Gasteiger partial charge in [0.15, 0.2) is 0 Å². The third kappa shape index (κ3) is 4.18. The molecule has 0 saturated heterocycles. The Labute approximate surface area is 116 Å². The number of benzene rings is 1. The van der Waals surface area contributed by atoms with Gasteiger partial charge in [0.2, 0.25) is 0 Å². The summed E-state index contributed by atoms with van der Waals surface area (Å²) in [7, 11) is 1.40. The number of nitrogens with one attached hydrogen (secondary N) is 1. The number of aryl methyl sites for hydroxylation is 1. The highest BCUT2D eigenvalue weighted by molar-refractivity contribution is 9.10. The molecule has 0 amide bonds. The summed E-state index contributed by atoms with van der Waals surface area (Å²) in [5.41, 5.74) is 2.90. The maximum absolute atomic E-state index is 11.4. The number of rotatable bonds is 5. The Morgan fingerprint density at radius 1 is 1.50 bits per heavy atom. The topological polar surface area (TPSA) is 38.3 Å². The predicted molar refractivity (Wildman–Crippen MR) is 77.8 cm³/mol. The van der Waals surface area contributed by atoms with Crippen molar-refractivity contribution in [2.75, 3.05) is 19.0 Å². The van der Waals surface area contributed by atoms with Crippen molar-refractivity contribution in [3.63, 3.8) is 0 Å². The van der Waals surface area contributed by atoms with E-state index in [0.717, 1.165) is 10.2 Å². The number of anilines is 1. The fourth-order valence-electron chi connectivity index (χ4n) is 1.55. The molecule has 1 N–H and O–H groups in total. The highest BCUT2D eigenvalue weighted by atomic mass is 79.9. The number of ether oxygens (including phenoxy) is 1. The molecular formula is C14H18BrNO2. The molecule has 0 radical (unpaired) electrons. The Balaban J connectivity index is 2.65. The molecule has 0 aromatic heterocycles. The first-order valence-electron chi connectivity index (χ1n) is 5.85. The maximum Gasteiger partial charge on any atom is 0.333 e. The summed E-state index contributed by atoms with van der Waals surface area (Å²) in [6.45, 7) is 4.57. The van der Waals surface area contributed by atoms with Crippen molar-refractivity contribution in [2.45, 2.75) is 20.3 Å². The Morgan fingerprint density at radius 2 is 2.22 bits per heavy atom. The van der Waals surface area contributed by atoms with Gasteiger partial charge in [-0.3, -0.25) is 0 Å². The summed E-state index contributed by atoms with van der Waals surface area (Å²) in [6, 6.07) is 6.10. The van der Waals surface area contributed by atoms with Crippen LogP contribution >= 0.6 is 15.9 Å². The van der Waals surface area contributed by atoms with E-state index in [0.29, 0.717) is 18.5 Å². The second-order valence-electron chi connectivity index (χ2n) is 3.94. The lowest BCUT2D eigenvalue weighted by Crippen LogP contribution is -2.07. The van der Waals surface area contributed by atoms with E-state index in [1.54, 1.807) is 0 Å². The molecule has 18 heavy (non-hydrogen) atoms. The minimum absolute atomic E-state index is 0.262. The van der Waals surface area contributed by atoms with Gasteiger partial charge >= 0.3 is 5.97 Å². The van der Waals surface area contributed by atoms with Crippen LogP contribution in [0.25, 0.3) is 0 Å². The van der Waals surface area contributed by atoms with Crippen LogP contribution in [0.15, 0.2) is 34.3 Å². The van der Waals surface area contributed by atoms with Gasteiger partial charge in [-0.15, -0.1) is 0 Å². The molecule has 0 bridgehead atoms. The molecule has 0 saturated carbocycles. The van der Waals surface area contributed by atoms with Gasteiger partial charge in [0.05, 0.1) is 7.11 Å². The molecule has 0 aliphatic carbocycles. The number of hydrogen-bond acceptors (Lipinski definition) is 3. The van der Waals surface area contributed by atoms with Gasteiger partial charge in [0.1, 0.15) is 0 Å². The molecule has 0 aliphatic heterocycles. The van der Waals surface area contributed by atoms with Crippen LogP contribution in [0.5, 0.6) is 0 Å².